The fourth-order valence-corrected chi connectivity index (χ4v) is 1.57. The molecule has 6 nitrogen and oxygen atoms in total. The molecule has 0 bridgehead atoms. The van der Waals surface area contributed by atoms with Crippen molar-refractivity contribution < 1.29 is 5.11 Å². The molecule has 6 heteroatoms. The standard InChI is InChI=1S/C10H15N5O/c1-2-14-5-4-11-10(14)8-15-7-9(3-6-16)12-13-15/h4-5,7,16H,2-3,6,8H2,1H3. The Morgan fingerprint density at radius 1 is 1.44 bits per heavy atom. The highest BCUT2D eigenvalue weighted by Crippen LogP contribution is 2.01. The molecule has 1 N–H and O–H groups in total. The van der Waals surface area contributed by atoms with Gasteiger partial charge in [0.2, 0.25) is 0 Å². The minimum Gasteiger partial charge on any atom is -0.396 e. The molecule has 2 aromatic heterocycles. The fraction of sp³-hybridized carbons (Fsp3) is 0.500. The SMILES string of the molecule is CCn1ccnc1Cn1cc(CCO)nn1. The molecule has 0 radical (unpaired) electrons. The minimum atomic E-state index is 0.0995. The molecule has 16 heavy (non-hydrogen) atoms. The van der Waals surface area contributed by atoms with Gasteiger partial charge in [-0.3, -0.25) is 0 Å². The Morgan fingerprint density at radius 2 is 2.31 bits per heavy atom. The van der Waals surface area contributed by atoms with Crippen LogP contribution in [0.3, 0.4) is 0 Å². The number of imidazole rings is 1. The average molecular weight is 221 g/mol. The summed E-state index contributed by atoms with van der Waals surface area (Å²) < 4.78 is 3.80. The normalized spacial score (nSPS) is 10.9. The van der Waals surface area contributed by atoms with E-state index in [0.717, 1.165) is 18.1 Å². The van der Waals surface area contributed by atoms with Gasteiger partial charge in [-0.2, -0.15) is 0 Å². The summed E-state index contributed by atoms with van der Waals surface area (Å²) >= 11 is 0. The summed E-state index contributed by atoms with van der Waals surface area (Å²) in [6.07, 6.45) is 6.11. The highest BCUT2D eigenvalue weighted by atomic mass is 16.3. The van der Waals surface area contributed by atoms with Crippen LogP contribution in [0.5, 0.6) is 0 Å². The molecule has 2 aromatic rings. The summed E-state index contributed by atoms with van der Waals surface area (Å²) in [6, 6.07) is 0. The van der Waals surface area contributed by atoms with Crippen molar-refractivity contribution in [2.45, 2.75) is 26.4 Å². The van der Waals surface area contributed by atoms with E-state index in [-0.39, 0.29) is 6.61 Å². The van der Waals surface area contributed by atoms with Gasteiger partial charge in [0.15, 0.2) is 0 Å². The molecular formula is C10H15N5O. The summed E-state index contributed by atoms with van der Waals surface area (Å²) in [5, 5.41) is 16.7. The van der Waals surface area contributed by atoms with E-state index in [1.54, 1.807) is 10.9 Å². The summed E-state index contributed by atoms with van der Waals surface area (Å²) in [7, 11) is 0. The molecule has 0 atom stereocenters. The third-order valence-corrected chi connectivity index (χ3v) is 2.40. The Hall–Kier alpha value is -1.69. The van der Waals surface area contributed by atoms with Crippen molar-refractivity contribution in [1.29, 1.82) is 0 Å². The monoisotopic (exact) mass is 221 g/mol. The number of hydrogen-bond acceptors (Lipinski definition) is 4. The molecule has 0 spiro atoms. The van der Waals surface area contributed by atoms with Crippen LogP contribution in [0.4, 0.5) is 0 Å². The number of rotatable bonds is 5. The van der Waals surface area contributed by atoms with Crippen molar-refractivity contribution in [3.8, 4) is 0 Å². The van der Waals surface area contributed by atoms with Gasteiger partial charge in [0.1, 0.15) is 12.4 Å². The first-order valence-corrected chi connectivity index (χ1v) is 5.33. The van der Waals surface area contributed by atoms with Crippen LogP contribution in [0.1, 0.15) is 18.4 Å². The molecule has 0 aliphatic carbocycles. The Balaban J connectivity index is 2.08. The van der Waals surface area contributed by atoms with Crippen LogP contribution in [0.25, 0.3) is 0 Å². The van der Waals surface area contributed by atoms with Crippen LogP contribution >= 0.6 is 0 Å². The summed E-state index contributed by atoms with van der Waals surface area (Å²) in [4.78, 5) is 4.26. The average Bonchev–Trinajstić information content (AvgIpc) is 2.89. The fourth-order valence-electron chi connectivity index (χ4n) is 1.57. The van der Waals surface area contributed by atoms with E-state index in [4.69, 9.17) is 5.11 Å². The molecule has 0 aliphatic rings. The van der Waals surface area contributed by atoms with Gasteiger partial charge in [0.25, 0.3) is 0 Å². The number of hydrogen-bond donors (Lipinski definition) is 1. The Bertz CT molecular complexity index is 448. The minimum absolute atomic E-state index is 0.0995. The Morgan fingerprint density at radius 3 is 3.06 bits per heavy atom. The molecule has 0 saturated heterocycles. The lowest BCUT2D eigenvalue weighted by Gasteiger charge is -2.03. The van der Waals surface area contributed by atoms with Gasteiger partial charge in [-0.05, 0) is 6.92 Å². The van der Waals surface area contributed by atoms with Crippen molar-refractivity contribution >= 4 is 0 Å². The van der Waals surface area contributed by atoms with Gasteiger partial charge in [0.05, 0.1) is 5.69 Å². The highest BCUT2D eigenvalue weighted by Gasteiger charge is 2.04. The smallest absolute Gasteiger partial charge is 0.130 e. The number of aryl methyl sites for hydroxylation is 1. The van der Waals surface area contributed by atoms with E-state index < -0.39 is 0 Å². The molecule has 2 heterocycles. The second-order valence-corrected chi connectivity index (χ2v) is 3.51. The van der Waals surface area contributed by atoms with Gasteiger partial charge in [0, 0.05) is 38.2 Å². The number of aliphatic hydroxyl groups excluding tert-OH is 1. The van der Waals surface area contributed by atoms with E-state index >= 15 is 0 Å². The molecule has 0 unspecified atom stereocenters. The Kier molecular flexibility index (Phi) is 3.31. The molecule has 0 fully saturated rings. The van der Waals surface area contributed by atoms with Gasteiger partial charge in [-0.15, -0.1) is 5.10 Å². The summed E-state index contributed by atoms with van der Waals surface area (Å²) in [6.45, 7) is 3.68. The predicted octanol–water partition coefficient (Wildman–Crippen LogP) is 0.0776. The maximum atomic E-state index is 8.77. The number of aromatic nitrogens is 5. The molecule has 0 aliphatic heterocycles. The lowest BCUT2D eigenvalue weighted by molar-refractivity contribution is 0.298. The summed E-state index contributed by atoms with van der Waals surface area (Å²) in [5.74, 6) is 0.961. The van der Waals surface area contributed by atoms with E-state index in [2.05, 4.69) is 26.8 Å². The van der Waals surface area contributed by atoms with Crippen LogP contribution in [-0.2, 0) is 19.5 Å². The molecule has 2 rings (SSSR count). The van der Waals surface area contributed by atoms with Gasteiger partial charge in [-0.25, -0.2) is 9.67 Å². The zero-order valence-electron chi connectivity index (χ0n) is 9.24. The van der Waals surface area contributed by atoms with E-state index in [1.807, 2.05) is 12.4 Å². The van der Waals surface area contributed by atoms with Crippen LogP contribution < -0.4 is 0 Å². The largest absolute Gasteiger partial charge is 0.396 e. The highest BCUT2D eigenvalue weighted by molar-refractivity contribution is 4.97. The predicted molar refractivity (Wildman–Crippen MR) is 57.8 cm³/mol. The van der Waals surface area contributed by atoms with Crippen molar-refractivity contribution in [1.82, 2.24) is 24.5 Å². The number of aliphatic hydroxyl groups is 1. The quantitative estimate of drug-likeness (QED) is 0.776. The van der Waals surface area contributed by atoms with Crippen LogP contribution in [0.15, 0.2) is 18.6 Å². The van der Waals surface area contributed by atoms with Gasteiger partial charge >= 0.3 is 0 Å². The first kappa shape index (κ1) is 10.8. The number of nitrogens with zero attached hydrogens (tertiary/aromatic N) is 5. The second-order valence-electron chi connectivity index (χ2n) is 3.51. The zero-order valence-corrected chi connectivity index (χ0v) is 9.24. The maximum Gasteiger partial charge on any atom is 0.130 e. The van der Waals surface area contributed by atoms with E-state index in [9.17, 15) is 0 Å². The van der Waals surface area contributed by atoms with Crippen molar-refractivity contribution in [2.75, 3.05) is 6.61 Å². The first-order chi connectivity index (χ1) is 7.83. The molecule has 0 aromatic carbocycles. The zero-order chi connectivity index (χ0) is 11.4. The van der Waals surface area contributed by atoms with Crippen LogP contribution in [0.2, 0.25) is 0 Å². The first-order valence-electron chi connectivity index (χ1n) is 5.33. The Labute approximate surface area is 93.5 Å². The van der Waals surface area contributed by atoms with Crippen molar-refractivity contribution in [3.05, 3.63) is 30.1 Å². The maximum absolute atomic E-state index is 8.77. The molecule has 86 valence electrons. The van der Waals surface area contributed by atoms with Crippen molar-refractivity contribution in [2.24, 2.45) is 0 Å². The lowest BCUT2D eigenvalue weighted by Crippen LogP contribution is -2.08. The van der Waals surface area contributed by atoms with Crippen LogP contribution in [0, 0.1) is 0 Å². The van der Waals surface area contributed by atoms with E-state index in [0.29, 0.717) is 13.0 Å². The van der Waals surface area contributed by atoms with Gasteiger partial charge in [-0.1, -0.05) is 5.21 Å². The third-order valence-electron chi connectivity index (χ3n) is 2.40. The molecule has 0 amide bonds. The molecule has 0 saturated carbocycles. The van der Waals surface area contributed by atoms with E-state index in [1.165, 1.54) is 0 Å². The summed E-state index contributed by atoms with van der Waals surface area (Å²) in [5.41, 5.74) is 0.803. The third kappa shape index (κ3) is 2.27. The van der Waals surface area contributed by atoms with Gasteiger partial charge < -0.3 is 9.67 Å². The second kappa shape index (κ2) is 4.89. The lowest BCUT2D eigenvalue weighted by atomic mass is 10.3. The molecular weight excluding hydrogens is 206 g/mol. The van der Waals surface area contributed by atoms with Crippen molar-refractivity contribution in [3.63, 3.8) is 0 Å². The van der Waals surface area contributed by atoms with Crippen LogP contribution in [-0.4, -0.2) is 36.3 Å². The topological polar surface area (TPSA) is 68.8 Å².